The van der Waals surface area contributed by atoms with Crippen molar-refractivity contribution in [2.24, 2.45) is 4.99 Å². The second-order valence-corrected chi connectivity index (χ2v) is 8.36. The van der Waals surface area contributed by atoms with Crippen molar-refractivity contribution < 1.29 is 0 Å². The van der Waals surface area contributed by atoms with Crippen LogP contribution in [-0.2, 0) is 13.1 Å². The summed E-state index contributed by atoms with van der Waals surface area (Å²) in [5.74, 6) is 2.29. The largest absolute Gasteiger partial charge is 0.354 e. The zero-order chi connectivity index (χ0) is 19.9. The van der Waals surface area contributed by atoms with Crippen molar-refractivity contribution in [3.63, 3.8) is 0 Å². The maximum atomic E-state index is 4.66. The van der Waals surface area contributed by atoms with Crippen molar-refractivity contribution in [2.75, 3.05) is 45.2 Å². The molecular formula is C20H32IN7S. The Bertz CT molecular complexity index is 785. The monoisotopic (exact) mass is 529 g/mol. The van der Waals surface area contributed by atoms with E-state index in [-0.39, 0.29) is 24.0 Å². The number of likely N-dealkylation sites (N-methyl/N-ethyl adjacent to an activating group) is 1. The summed E-state index contributed by atoms with van der Waals surface area (Å²) in [6.45, 7) is 9.92. The van der Waals surface area contributed by atoms with Crippen LogP contribution in [0.15, 0.2) is 28.7 Å². The number of thiazole rings is 1. The van der Waals surface area contributed by atoms with Gasteiger partial charge in [-0.1, -0.05) is 13.8 Å². The van der Waals surface area contributed by atoms with E-state index >= 15 is 0 Å². The Morgan fingerprint density at radius 2 is 1.93 bits per heavy atom. The number of rotatable bonds is 6. The van der Waals surface area contributed by atoms with Gasteiger partial charge in [-0.15, -0.1) is 35.3 Å². The molecule has 1 aliphatic rings. The maximum Gasteiger partial charge on any atom is 0.191 e. The molecule has 1 aliphatic heterocycles. The third-order valence-corrected chi connectivity index (χ3v) is 5.76. The quantitative estimate of drug-likeness (QED) is 0.341. The molecule has 3 heterocycles. The van der Waals surface area contributed by atoms with E-state index in [1.165, 1.54) is 5.56 Å². The zero-order valence-electron chi connectivity index (χ0n) is 17.7. The lowest BCUT2D eigenvalue weighted by Crippen LogP contribution is -2.44. The molecule has 0 radical (unpaired) electrons. The van der Waals surface area contributed by atoms with E-state index in [4.69, 9.17) is 0 Å². The molecule has 1 saturated heterocycles. The van der Waals surface area contributed by atoms with Crippen molar-refractivity contribution in [3.05, 3.63) is 40.0 Å². The van der Waals surface area contributed by atoms with Crippen LogP contribution in [-0.4, -0.2) is 61.1 Å². The molecule has 0 aromatic carbocycles. The summed E-state index contributed by atoms with van der Waals surface area (Å²) in [5, 5.41) is 9.94. The molecule has 160 valence electrons. The lowest BCUT2D eigenvalue weighted by atomic mass is 10.2. The highest BCUT2D eigenvalue weighted by atomic mass is 127. The smallest absolute Gasteiger partial charge is 0.191 e. The van der Waals surface area contributed by atoms with Crippen molar-refractivity contribution in [1.29, 1.82) is 0 Å². The predicted octanol–water partition coefficient (Wildman–Crippen LogP) is 2.90. The van der Waals surface area contributed by atoms with Gasteiger partial charge in [0, 0.05) is 51.3 Å². The number of hydrogen-bond donors (Lipinski definition) is 2. The minimum absolute atomic E-state index is 0. The van der Waals surface area contributed by atoms with E-state index in [9.17, 15) is 0 Å². The van der Waals surface area contributed by atoms with Crippen LogP contribution in [0.4, 0.5) is 5.82 Å². The standard InChI is InChI=1S/C20H31N7S.HI/c1-15(2)17-14-28-19(25-17)13-24-20(21-3)23-12-16-5-6-22-18(11-16)27-9-7-26(4)8-10-27;/h5-6,11,14-15H,7-10,12-13H2,1-4H3,(H2,21,23,24);1H. The summed E-state index contributed by atoms with van der Waals surface area (Å²) in [6.07, 6.45) is 1.89. The first-order chi connectivity index (χ1) is 13.5. The number of pyridine rings is 1. The summed E-state index contributed by atoms with van der Waals surface area (Å²) in [6, 6.07) is 4.22. The Hall–Kier alpha value is -1.46. The van der Waals surface area contributed by atoms with Gasteiger partial charge in [-0.05, 0) is 30.7 Å². The third kappa shape index (κ3) is 7.07. The highest BCUT2D eigenvalue weighted by Gasteiger charge is 2.15. The average molecular weight is 529 g/mol. The summed E-state index contributed by atoms with van der Waals surface area (Å²) in [7, 11) is 3.96. The van der Waals surface area contributed by atoms with Crippen LogP contribution in [0.25, 0.3) is 0 Å². The fourth-order valence-electron chi connectivity index (χ4n) is 3.02. The molecule has 1 fully saturated rings. The number of hydrogen-bond acceptors (Lipinski definition) is 6. The topological polar surface area (TPSA) is 68.7 Å². The third-order valence-electron chi connectivity index (χ3n) is 4.89. The Kier molecular flexibility index (Phi) is 9.57. The first kappa shape index (κ1) is 23.8. The average Bonchev–Trinajstić information content (AvgIpc) is 3.18. The molecule has 3 rings (SSSR count). The molecule has 0 saturated carbocycles. The molecule has 0 amide bonds. The second-order valence-electron chi connectivity index (χ2n) is 7.41. The number of nitrogens with zero attached hydrogens (tertiary/aromatic N) is 5. The van der Waals surface area contributed by atoms with Crippen LogP contribution >= 0.6 is 35.3 Å². The molecule has 0 atom stereocenters. The highest BCUT2D eigenvalue weighted by molar-refractivity contribution is 14.0. The lowest BCUT2D eigenvalue weighted by molar-refractivity contribution is 0.312. The van der Waals surface area contributed by atoms with Crippen molar-refractivity contribution in [1.82, 2.24) is 25.5 Å². The van der Waals surface area contributed by atoms with Crippen LogP contribution in [0, 0.1) is 0 Å². The van der Waals surface area contributed by atoms with Gasteiger partial charge in [0.05, 0.1) is 12.2 Å². The van der Waals surface area contributed by atoms with Gasteiger partial charge in [-0.2, -0.15) is 0 Å². The highest BCUT2D eigenvalue weighted by Crippen LogP contribution is 2.17. The van der Waals surface area contributed by atoms with Crippen molar-refractivity contribution in [3.8, 4) is 0 Å². The Balaban J connectivity index is 0.00000300. The summed E-state index contributed by atoms with van der Waals surface area (Å²) >= 11 is 1.69. The number of piperazine rings is 1. The molecule has 2 aromatic rings. The molecule has 0 spiro atoms. The molecule has 2 aromatic heterocycles. The van der Waals surface area contributed by atoms with Gasteiger partial charge < -0.3 is 20.4 Å². The normalized spacial score (nSPS) is 15.3. The van der Waals surface area contributed by atoms with Gasteiger partial charge in [-0.3, -0.25) is 4.99 Å². The maximum absolute atomic E-state index is 4.66. The number of halogens is 1. The van der Waals surface area contributed by atoms with Crippen LogP contribution in [0.1, 0.15) is 36.0 Å². The zero-order valence-corrected chi connectivity index (χ0v) is 20.8. The van der Waals surface area contributed by atoms with Gasteiger partial charge in [0.15, 0.2) is 5.96 Å². The predicted molar refractivity (Wildman–Crippen MR) is 133 cm³/mol. The van der Waals surface area contributed by atoms with Crippen molar-refractivity contribution in [2.45, 2.75) is 32.9 Å². The molecular weight excluding hydrogens is 497 g/mol. The molecule has 0 unspecified atom stereocenters. The summed E-state index contributed by atoms with van der Waals surface area (Å²) in [4.78, 5) is 18.2. The minimum atomic E-state index is 0. The van der Waals surface area contributed by atoms with E-state index in [1.54, 1.807) is 18.4 Å². The summed E-state index contributed by atoms with van der Waals surface area (Å²) < 4.78 is 0. The summed E-state index contributed by atoms with van der Waals surface area (Å²) in [5.41, 5.74) is 2.35. The Morgan fingerprint density at radius 3 is 2.59 bits per heavy atom. The number of guanidine groups is 1. The minimum Gasteiger partial charge on any atom is -0.354 e. The van der Waals surface area contributed by atoms with E-state index in [2.05, 4.69) is 73.8 Å². The van der Waals surface area contributed by atoms with Crippen LogP contribution < -0.4 is 15.5 Å². The lowest BCUT2D eigenvalue weighted by Gasteiger charge is -2.33. The first-order valence-corrected chi connectivity index (χ1v) is 10.7. The van der Waals surface area contributed by atoms with E-state index in [1.807, 2.05) is 6.20 Å². The number of aliphatic imine (C=N–C) groups is 1. The van der Waals surface area contributed by atoms with Crippen molar-refractivity contribution >= 4 is 47.1 Å². The fraction of sp³-hybridized carbons (Fsp3) is 0.550. The molecule has 0 bridgehead atoms. The van der Waals surface area contributed by atoms with Gasteiger partial charge in [-0.25, -0.2) is 9.97 Å². The van der Waals surface area contributed by atoms with E-state index in [0.717, 1.165) is 48.7 Å². The van der Waals surface area contributed by atoms with Gasteiger partial charge >= 0.3 is 0 Å². The number of nitrogens with one attached hydrogen (secondary N) is 2. The van der Waals surface area contributed by atoms with E-state index < -0.39 is 0 Å². The second kappa shape index (κ2) is 11.7. The molecule has 29 heavy (non-hydrogen) atoms. The van der Waals surface area contributed by atoms with Crippen LogP contribution in [0.5, 0.6) is 0 Å². The Morgan fingerprint density at radius 1 is 1.21 bits per heavy atom. The number of anilines is 1. The van der Waals surface area contributed by atoms with Crippen LogP contribution in [0.3, 0.4) is 0 Å². The molecule has 0 aliphatic carbocycles. The fourth-order valence-corrected chi connectivity index (χ4v) is 3.91. The Labute approximate surface area is 195 Å². The van der Waals surface area contributed by atoms with Gasteiger partial charge in [0.1, 0.15) is 10.8 Å². The van der Waals surface area contributed by atoms with Crippen LogP contribution in [0.2, 0.25) is 0 Å². The molecule has 2 N–H and O–H groups in total. The first-order valence-electron chi connectivity index (χ1n) is 9.82. The van der Waals surface area contributed by atoms with Gasteiger partial charge in [0.2, 0.25) is 0 Å². The SMILES string of the molecule is CN=C(NCc1ccnc(N2CCN(C)CC2)c1)NCc1nc(C(C)C)cs1.I. The molecule has 9 heteroatoms. The van der Waals surface area contributed by atoms with Gasteiger partial charge in [0.25, 0.3) is 0 Å². The molecule has 7 nitrogen and oxygen atoms in total. The number of aromatic nitrogens is 2. The van der Waals surface area contributed by atoms with E-state index in [0.29, 0.717) is 19.0 Å².